The molecule has 0 bridgehead atoms. The molecule has 5 aromatic rings. The summed E-state index contributed by atoms with van der Waals surface area (Å²) in [4.78, 5) is 23.9. The lowest BCUT2D eigenvalue weighted by molar-refractivity contribution is -0.385. The maximum Gasteiger partial charge on any atom is 0.273 e. The molecule has 0 atom stereocenters. The third kappa shape index (κ3) is 4.31. The number of nitro groups is 2. The molecule has 0 aliphatic rings. The van der Waals surface area contributed by atoms with Gasteiger partial charge in [-0.15, -0.1) is 0 Å². The van der Waals surface area contributed by atoms with E-state index in [4.69, 9.17) is 0 Å². The summed E-state index contributed by atoms with van der Waals surface area (Å²) in [6, 6.07) is 20.6. The van der Waals surface area contributed by atoms with Gasteiger partial charge in [-0.25, -0.2) is 0 Å². The van der Waals surface area contributed by atoms with Crippen LogP contribution in [-0.2, 0) is 6.54 Å². The molecule has 0 spiro atoms. The fourth-order valence-corrected chi connectivity index (χ4v) is 3.99. The van der Waals surface area contributed by atoms with Gasteiger partial charge in [-0.3, -0.25) is 20.2 Å². The second kappa shape index (κ2) is 8.96. The average molecular weight is 442 g/mol. The summed E-state index contributed by atoms with van der Waals surface area (Å²) in [5, 5.41) is 23.4. The molecule has 0 fully saturated rings. The van der Waals surface area contributed by atoms with E-state index in [1.807, 2.05) is 42.6 Å². The van der Waals surface area contributed by atoms with Crippen LogP contribution in [0, 0.1) is 34.1 Å². The lowest BCUT2D eigenvalue weighted by atomic mass is 10.1. The largest absolute Gasteiger partial charge is 0.361 e. The SMILES string of the molecule is Cc1c([N+](=O)[O-])ccc2[nH]ccc12.Cc1c([N+](=O)[O-])ccc2c1ccn2Cc1ccccc1. The molecule has 166 valence electrons. The molecule has 8 nitrogen and oxygen atoms in total. The number of hydrogen-bond donors (Lipinski definition) is 1. The van der Waals surface area contributed by atoms with E-state index in [1.54, 1.807) is 32.2 Å². The zero-order chi connectivity index (χ0) is 23.5. The highest BCUT2D eigenvalue weighted by Crippen LogP contribution is 2.28. The summed E-state index contributed by atoms with van der Waals surface area (Å²) in [6.07, 6.45) is 3.76. The van der Waals surface area contributed by atoms with Gasteiger partial charge >= 0.3 is 0 Å². The number of benzene rings is 3. The van der Waals surface area contributed by atoms with Crippen molar-refractivity contribution in [1.82, 2.24) is 9.55 Å². The van der Waals surface area contributed by atoms with Crippen LogP contribution in [0.4, 0.5) is 11.4 Å². The number of hydrogen-bond acceptors (Lipinski definition) is 4. The maximum atomic E-state index is 11.0. The van der Waals surface area contributed by atoms with Crippen LogP contribution in [0.2, 0.25) is 0 Å². The normalized spacial score (nSPS) is 10.7. The van der Waals surface area contributed by atoms with Crippen molar-refractivity contribution >= 4 is 33.2 Å². The fraction of sp³-hybridized carbons (Fsp3) is 0.120. The number of aromatic nitrogens is 2. The van der Waals surface area contributed by atoms with Crippen molar-refractivity contribution in [3.8, 4) is 0 Å². The highest BCUT2D eigenvalue weighted by molar-refractivity contribution is 5.87. The number of nitrogens with one attached hydrogen (secondary N) is 1. The minimum Gasteiger partial charge on any atom is -0.361 e. The fourth-order valence-electron chi connectivity index (χ4n) is 3.99. The van der Waals surface area contributed by atoms with Crippen molar-refractivity contribution < 1.29 is 9.85 Å². The molecule has 2 heterocycles. The number of H-pyrrole nitrogens is 1. The average Bonchev–Trinajstić information content (AvgIpc) is 3.43. The van der Waals surface area contributed by atoms with Crippen molar-refractivity contribution in [1.29, 1.82) is 0 Å². The minimum atomic E-state index is -0.359. The second-order valence-electron chi connectivity index (χ2n) is 7.73. The van der Waals surface area contributed by atoms with Crippen LogP contribution in [0.5, 0.6) is 0 Å². The van der Waals surface area contributed by atoms with E-state index in [-0.39, 0.29) is 21.2 Å². The van der Waals surface area contributed by atoms with Crippen LogP contribution in [0.15, 0.2) is 79.1 Å². The first-order chi connectivity index (χ1) is 15.9. The van der Waals surface area contributed by atoms with Gasteiger partial charge in [0.05, 0.1) is 9.85 Å². The Morgan fingerprint density at radius 3 is 2.09 bits per heavy atom. The number of fused-ring (bicyclic) bond motifs is 2. The van der Waals surface area contributed by atoms with Crippen molar-refractivity contribution in [3.05, 3.63) is 116 Å². The standard InChI is InChI=1S/C16H14N2O2.C9H8N2O2/c1-12-14-9-10-17(11-13-5-3-2-4-6-13)16(14)8-7-15(12)18(19)20;1-6-7-4-5-10-8(7)2-3-9(6)11(12)13/h2-10H,11H2,1H3;2-5,10H,1H3. The topological polar surface area (TPSA) is 107 Å². The number of rotatable bonds is 4. The lowest BCUT2D eigenvalue weighted by Gasteiger charge is -2.06. The quantitative estimate of drug-likeness (QED) is 0.261. The van der Waals surface area contributed by atoms with Gasteiger partial charge in [0.25, 0.3) is 11.4 Å². The summed E-state index contributed by atoms with van der Waals surface area (Å²) >= 11 is 0. The molecule has 0 saturated heterocycles. The Balaban J connectivity index is 0.000000172. The predicted octanol–water partition coefficient (Wildman–Crippen LogP) is 6.29. The van der Waals surface area contributed by atoms with Gasteiger partial charge in [-0.05, 0) is 43.7 Å². The van der Waals surface area contributed by atoms with E-state index >= 15 is 0 Å². The van der Waals surface area contributed by atoms with Crippen molar-refractivity contribution in [2.45, 2.75) is 20.4 Å². The van der Waals surface area contributed by atoms with Crippen molar-refractivity contribution in [3.63, 3.8) is 0 Å². The molecule has 0 aliphatic heterocycles. The molecule has 2 aromatic heterocycles. The zero-order valence-corrected chi connectivity index (χ0v) is 18.2. The Labute approximate surface area is 189 Å². The van der Waals surface area contributed by atoms with E-state index in [1.165, 1.54) is 11.6 Å². The number of aryl methyl sites for hydroxylation is 2. The van der Waals surface area contributed by atoms with Crippen molar-refractivity contribution in [2.24, 2.45) is 0 Å². The summed E-state index contributed by atoms with van der Waals surface area (Å²) in [5.74, 6) is 0. The lowest BCUT2D eigenvalue weighted by Crippen LogP contribution is -1.98. The van der Waals surface area contributed by atoms with Gasteiger partial charge in [-0.1, -0.05) is 30.3 Å². The Morgan fingerprint density at radius 1 is 0.788 bits per heavy atom. The number of nitrogens with zero attached hydrogens (tertiary/aromatic N) is 3. The second-order valence-corrected chi connectivity index (χ2v) is 7.73. The van der Waals surface area contributed by atoms with Crippen LogP contribution in [0.1, 0.15) is 16.7 Å². The molecular weight excluding hydrogens is 420 g/mol. The molecule has 8 heteroatoms. The summed E-state index contributed by atoms with van der Waals surface area (Å²) in [7, 11) is 0. The molecule has 3 aromatic carbocycles. The summed E-state index contributed by atoms with van der Waals surface area (Å²) in [6.45, 7) is 4.32. The van der Waals surface area contributed by atoms with Crippen LogP contribution in [-0.4, -0.2) is 19.4 Å². The Morgan fingerprint density at radius 2 is 1.42 bits per heavy atom. The molecule has 0 aliphatic carbocycles. The Bertz CT molecular complexity index is 1470. The van der Waals surface area contributed by atoms with Gasteiger partial charge in [-0.2, -0.15) is 0 Å². The molecule has 1 N–H and O–H groups in total. The van der Waals surface area contributed by atoms with Gasteiger partial charge in [0.1, 0.15) is 0 Å². The smallest absolute Gasteiger partial charge is 0.273 e. The molecule has 0 amide bonds. The van der Waals surface area contributed by atoms with Gasteiger partial charge in [0, 0.05) is 64.0 Å². The molecule has 0 saturated carbocycles. The summed E-state index contributed by atoms with van der Waals surface area (Å²) < 4.78 is 2.11. The van der Waals surface area contributed by atoms with E-state index in [0.717, 1.165) is 33.9 Å². The molecule has 5 rings (SSSR count). The van der Waals surface area contributed by atoms with Crippen LogP contribution in [0.3, 0.4) is 0 Å². The van der Waals surface area contributed by atoms with Crippen LogP contribution in [0.25, 0.3) is 21.8 Å². The van der Waals surface area contributed by atoms with Crippen LogP contribution < -0.4 is 0 Å². The number of nitro benzene ring substituents is 2. The first kappa shape index (κ1) is 21.8. The van der Waals surface area contributed by atoms with E-state index in [9.17, 15) is 20.2 Å². The zero-order valence-electron chi connectivity index (χ0n) is 18.2. The first-order valence-corrected chi connectivity index (χ1v) is 10.3. The first-order valence-electron chi connectivity index (χ1n) is 10.3. The Hall–Kier alpha value is -4.46. The van der Waals surface area contributed by atoms with E-state index in [0.29, 0.717) is 5.56 Å². The summed E-state index contributed by atoms with van der Waals surface area (Å²) in [5.41, 5.74) is 4.95. The van der Waals surface area contributed by atoms with Crippen molar-refractivity contribution in [2.75, 3.05) is 0 Å². The van der Waals surface area contributed by atoms with E-state index in [2.05, 4.69) is 21.7 Å². The Kier molecular flexibility index (Phi) is 5.91. The monoisotopic (exact) mass is 442 g/mol. The van der Waals surface area contributed by atoms with Gasteiger partial charge in [0.2, 0.25) is 0 Å². The third-order valence-corrected chi connectivity index (χ3v) is 5.76. The molecule has 0 unspecified atom stereocenters. The molecule has 33 heavy (non-hydrogen) atoms. The minimum absolute atomic E-state index is 0.173. The maximum absolute atomic E-state index is 11.0. The predicted molar refractivity (Wildman–Crippen MR) is 129 cm³/mol. The van der Waals surface area contributed by atoms with Gasteiger partial charge in [0.15, 0.2) is 0 Å². The van der Waals surface area contributed by atoms with Crippen LogP contribution >= 0.6 is 0 Å². The molecule has 0 radical (unpaired) electrons. The highest BCUT2D eigenvalue weighted by atomic mass is 16.6. The van der Waals surface area contributed by atoms with Gasteiger partial charge < -0.3 is 9.55 Å². The number of aromatic amines is 1. The highest BCUT2D eigenvalue weighted by Gasteiger charge is 2.15. The third-order valence-electron chi connectivity index (χ3n) is 5.76. The molecular formula is C25H22N4O4. The van der Waals surface area contributed by atoms with E-state index < -0.39 is 0 Å².